The van der Waals surface area contributed by atoms with Crippen molar-refractivity contribution in [1.82, 2.24) is 14.8 Å². The molecule has 9 heteroatoms. The van der Waals surface area contributed by atoms with Crippen LogP contribution in [0.5, 0.6) is 0 Å². The van der Waals surface area contributed by atoms with Gasteiger partial charge in [-0.1, -0.05) is 44.4 Å². The summed E-state index contributed by atoms with van der Waals surface area (Å²) < 4.78 is 50.5. The smallest absolute Gasteiger partial charge is 0.433 e. The first kappa shape index (κ1) is 31.4. The summed E-state index contributed by atoms with van der Waals surface area (Å²) in [5, 5.41) is 9.41. The van der Waals surface area contributed by atoms with Crippen LogP contribution in [-0.2, 0) is 17.4 Å². The number of likely N-dealkylation sites (tertiary alicyclic amines) is 2. The molecule has 226 valence electrons. The minimum Gasteiger partial charge on any atom is -0.480 e. The molecule has 3 fully saturated rings. The lowest BCUT2D eigenvalue weighted by atomic mass is 9.91. The van der Waals surface area contributed by atoms with Crippen LogP contribution in [0.15, 0.2) is 42.6 Å². The van der Waals surface area contributed by atoms with E-state index < -0.39 is 17.8 Å². The van der Waals surface area contributed by atoms with Crippen LogP contribution in [0.1, 0.15) is 81.0 Å². The second kappa shape index (κ2) is 14.6. The Morgan fingerprint density at radius 1 is 1.05 bits per heavy atom. The highest BCUT2D eigenvalue weighted by Crippen LogP contribution is 2.37. The molecule has 2 aliphatic heterocycles. The van der Waals surface area contributed by atoms with E-state index in [1.54, 1.807) is 18.2 Å². The summed E-state index contributed by atoms with van der Waals surface area (Å²) in [7, 11) is 0. The molecule has 41 heavy (non-hydrogen) atoms. The number of halogens is 4. The molecule has 2 atom stereocenters. The van der Waals surface area contributed by atoms with Crippen LogP contribution in [0.4, 0.5) is 17.6 Å². The van der Waals surface area contributed by atoms with Gasteiger partial charge in [0.25, 0.3) is 0 Å². The third kappa shape index (κ3) is 9.77. The van der Waals surface area contributed by atoms with E-state index in [9.17, 15) is 27.5 Å². The molecule has 0 radical (unpaired) electrons. The Bertz CT molecular complexity index is 1100. The van der Waals surface area contributed by atoms with E-state index >= 15 is 0 Å². The van der Waals surface area contributed by atoms with Gasteiger partial charge in [-0.2, -0.15) is 13.2 Å². The number of hydrogen-bond acceptors (Lipinski definition) is 4. The van der Waals surface area contributed by atoms with Crippen molar-refractivity contribution in [3.05, 3.63) is 65.2 Å². The predicted molar refractivity (Wildman–Crippen MR) is 151 cm³/mol. The highest BCUT2D eigenvalue weighted by Gasteiger charge is 2.37. The molecular weight excluding hydrogens is 534 g/mol. The third-order valence-electron chi connectivity index (χ3n) is 8.87. The lowest BCUT2D eigenvalue weighted by Crippen LogP contribution is -2.40. The zero-order chi connectivity index (χ0) is 29.4. The summed E-state index contributed by atoms with van der Waals surface area (Å²) >= 11 is 0. The number of piperidine rings is 1. The van der Waals surface area contributed by atoms with Crippen molar-refractivity contribution < 1.29 is 27.5 Å². The van der Waals surface area contributed by atoms with E-state index in [-0.39, 0.29) is 17.8 Å². The van der Waals surface area contributed by atoms with E-state index in [1.807, 2.05) is 6.07 Å². The number of pyridine rings is 1. The Labute approximate surface area is 240 Å². The predicted octanol–water partition coefficient (Wildman–Crippen LogP) is 7.02. The van der Waals surface area contributed by atoms with Crippen molar-refractivity contribution >= 4 is 5.97 Å². The molecule has 3 heterocycles. The third-order valence-corrected chi connectivity index (χ3v) is 8.87. The number of aliphatic carboxylic acids is 1. The molecule has 2 unspecified atom stereocenters. The van der Waals surface area contributed by atoms with Gasteiger partial charge in [-0.05, 0) is 112 Å². The second-order valence-corrected chi connectivity index (χ2v) is 11.9. The highest BCUT2D eigenvalue weighted by atomic mass is 19.4. The first-order chi connectivity index (χ1) is 19.6. The van der Waals surface area contributed by atoms with Gasteiger partial charge in [-0.3, -0.25) is 14.7 Å². The summed E-state index contributed by atoms with van der Waals surface area (Å²) in [6, 6.07) is 8.96. The number of carbonyl (C=O) groups is 1. The average molecular weight is 578 g/mol. The van der Waals surface area contributed by atoms with Crippen LogP contribution in [0.25, 0.3) is 0 Å². The van der Waals surface area contributed by atoms with Crippen molar-refractivity contribution in [3.63, 3.8) is 0 Å². The van der Waals surface area contributed by atoms with Gasteiger partial charge in [-0.25, -0.2) is 4.39 Å². The maximum Gasteiger partial charge on any atom is 0.433 e. The van der Waals surface area contributed by atoms with Crippen molar-refractivity contribution in [2.45, 2.75) is 82.8 Å². The first-order valence-electron chi connectivity index (χ1n) is 15.1. The molecule has 5 rings (SSSR count). The molecule has 0 amide bonds. The Kier molecular flexibility index (Phi) is 11.2. The van der Waals surface area contributed by atoms with Crippen molar-refractivity contribution in [2.75, 3.05) is 32.7 Å². The minimum absolute atomic E-state index is 0.214. The number of rotatable bonds is 10. The van der Waals surface area contributed by atoms with Gasteiger partial charge in [0.15, 0.2) is 0 Å². The molecule has 2 aromatic rings. The molecule has 1 N–H and O–H groups in total. The Morgan fingerprint density at radius 3 is 2.39 bits per heavy atom. The van der Waals surface area contributed by atoms with Crippen LogP contribution < -0.4 is 0 Å². The van der Waals surface area contributed by atoms with Crippen LogP contribution in [0.3, 0.4) is 0 Å². The van der Waals surface area contributed by atoms with Crippen LogP contribution in [0.2, 0.25) is 0 Å². The zero-order valence-electron chi connectivity index (χ0n) is 24.0. The molecule has 1 aliphatic carbocycles. The normalized spacial score (nSPS) is 21.3. The Balaban J connectivity index is 0.000000189. The highest BCUT2D eigenvalue weighted by molar-refractivity contribution is 5.73. The van der Waals surface area contributed by atoms with E-state index in [0.717, 1.165) is 68.4 Å². The zero-order valence-corrected chi connectivity index (χ0v) is 24.0. The molecule has 1 saturated carbocycles. The summed E-state index contributed by atoms with van der Waals surface area (Å²) in [5.41, 5.74) is 1.08. The quantitative estimate of drug-likeness (QED) is 0.308. The average Bonchev–Trinajstić information content (AvgIpc) is 3.65. The fourth-order valence-corrected chi connectivity index (χ4v) is 6.10. The van der Waals surface area contributed by atoms with Crippen molar-refractivity contribution in [1.29, 1.82) is 0 Å². The largest absolute Gasteiger partial charge is 0.480 e. The molecule has 3 aliphatic rings. The lowest BCUT2D eigenvalue weighted by molar-refractivity contribution is -0.143. The minimum atomic E-state index is -4.34. The molecule has 1 aromatic heterocycles. The summed E-state index contributed by atoms with van der Waals surface area (Å²) in [6.45, 7) is 7.21. The number of benzene rings is 1. The van der Waals surface area contributed by atoms with E-state index in [2.05, 4.69) is 21.7 Å². The van der Waals surface area contributed by atoms with Crippen LogP contribution >= 0.6 is 0 Å². The number of carboxylic acid groups (broad SMARTS) is 1. The number of alkyl halides is 3. The summed E-state index contributed by atoms with van der Waals surface area (Å²) in [5.74, 6) is 0.705. The van der Waals surface area contributed by atoms with Crippen molar-refractivity contribution in [3.8, 4) is 0 Å². The van der Waals surface area contributed by atoms with E-state index in [0.29, 0.717) is 5.92 Å². The Morgan fingerprint density at radius 2 is 1.80 bits per heavy atom. The van der Waals surface area contributed by atoms with Gasteiger partial charge in [0.05, 0.1) is 0 Å². The summed E-state index contributed by atoms with van der Waals surface area (Å²) in [6.07, 6.45) is 6.56. The number of nitrogens with zero attached hydrogens (tertiary/aromatic N) is 3. The second-order valence-electron chi connectivity index (χ2n) is 11.9. The Hall–Kier alpha value is -2.52. The standard InChI is InChI=1S/C16H23F3N2.C16H20FNO2/c1-2-21-10-8-13(9-11-21)4-3-5-14-6-7-15(20-12-14)16(17,18)19;17-14-3-1-2-12(9-14)13-6-7-18(10-13)15(16(19)20)8-11-4-5-11/h6-7,12-13H,2-5,8-11H2,1H3;1-3,9,11,13,15H,4-8,10H2,(H,19,20). The fraction of sp³-hybridized carbons (Fsp3) is 0.625. The molecule has 5 nitrogen and oxygen atoms in total. The molecule has 1 aromatic carbocycles. The number of aryl methyl sites for hydroxylation is 1. The number of aromatic nitrogens is 1. The van der Waals surface area contributed by atoms with Gasteiger partial charge in [0.2, 0.25) is 0 Å². The van der Waals surface area contributed by atoms with Gasteiger partial charge >= 0.3 is 12.1 Å². The first-order valence-corrected chi connectivity index (χ1v) is 15.1. The van der Waals surface area contributed by atoms with Crippen LogP contribution in [-0.4, -0.2) is 64.6 Å². The number of hydrogen-bond donors (Lipinski definition) is 1. The fourth-order valence-electron chi connectivity index (χ4n) is 6.10. The van der Waals surface area contributed by atoms with Crippen molar-refractivity contribution in [2.24, 2.45) is 11.8 Å². The van der Waals surface area contributed by atoms with Gasteiger partial charge in [-0.15, -0.1) is 0 Å². The van der Waals surface area contributed by atoms with E-state index in [4.69, 9.17) is 0 Å². The molecule has 2 saturated heterocycles. The lowest BCUT2D eigenvalue weighted by Gasteiger charge is -2.31. The van der Waals surface area contributed by atoms with E-state index in [1.165, 1.54) is 57.5 Å². The van der Waals surface area contributed by atoms with Gasteiger partial charge in [0.1, 0.15) is 17.6 Å². The molecule has 0 spiro atoms. The maximum absolute atomic E-state index is 13.3. The number of carboxylic acids is 1. The topological polar surface area (TPSA) is 56.7 Å². The molecular formula is C32H43F4N3O2. The van der Waals surface area contributed by atoms with Gasteiger partial charge in [0, 0.05) is 12.7 Å². The van der Waals surface area contributed by atoms with Gasteiger partial charge < -0.3 is 10.0 Å². The monoisotopic (exact) mass is 577 g/mol. The van der Waals surface area contributed by atoms with Crippen LogP contribution in [0, 0.1) is 17.7 Å². The molecule has 0 bridgehead atoms. The summed E-state index contributed by atoms with van der Waals surface area (Å²) in [4.78, 5) is 19.5. The maximum atomic E-state index is 13.3. The SMILES string of the molecule is CCN1CCC(CCCc2ccc(C(F)(F)F)nc2)CC1.O=C(O)C(CC1CC1)N1CCC(c2cccc(F)c2)C1.